The highest BCUT2D eigenvalue weighted by Crippen LogP contribution is 2.33. The van der Waals surface area contributed by atoms with E-state index in [1.807, 2.05) is 12.1 Å². The number of aliphatic carboxylic acids is 1. The zero-order valence-corrected chi connectivity index (χ0v) is 14.7. The molecule has 24 heavy (non-hydrogen) atoms. The Morgan fingerprint density at radius 3 is 2.42 bits per heavy atom. The van der Waals surface area contributed by atoms with Gasteiger partial charge in [-0.15, -0.1) is 0 Å². The Bertz CT molecular complexity index is 557. The summed E-state index contributed by atoms with van der Waals surface area (Å²) in [7, 11) is 3.24. The first-order chi connectivity index (χ1) is 11.5. The van der Waals surface area contributed by atoms with Crippen molar-refractivity contribution in [3.63, 3.8) is 0 Å². The molecular weight excluding hydrogens is 310 g/mol. The van der Waals surface area contributed by atoms with Crippen LogP contribution in [0.1, 0.15) is 43.7 Å². The fraction of sp³-hybridized carbons (Fsp3) is 0.556. The molecule has 0 radical (unpaired) electrons. The van der Waals surface area contributed by atoms with E-state index in [1.165, 1.54) is 0 Å². The molecule has 0 aliphatic carbocycles. The zero-order chi connectivity index (χ0) is 17.9. The van der Waals surface area contributed by atoms with E-state index in [0.29, 0.717) is 38.0 Å². The highest BCUT2D eigenvalue weighted by molar-refractivity contribution is 5.75. The molecule has 0 fully saturated rings. The van der Waals surface area contributed by atoms with E-state index in [4.69, 9.17) is 14.6 Å². The smallest absolute Gasteiger partial charge is 0.303 e. The zero-order valence-electron chi connectivity index (χ0n) is 14.7. The maximum Gasteiger partial charge on any atom is 0.303 e. The Kier molecular flexibility index (Phi) is 8.68. The molecule has 6 heteroatoms. The molecule has 0 aromatic heterocycles. The predicted molar refractivity (Wildman–Crippen MR) is 91.7 cm³/mol. The highest BCUT2D eigenvalue weighted by atomic mass is 16.5. The van der Waals surface area contributed by atoms with Crippen molar-refractivity contribution in [1.82, 2.24) is 5.32 Å². The first-order valence-corrected chi connectivity index (χ1v) is 8.24. The van der Waals surface area contributed by atoms with Gasteiger partial charge in [0.1, 0.15) is 0 Å². The first-order valence-electron chi connectivity index (χ1n) is 8.24. The summed E-state index contributed by atoms with van der Waals surface area (Å²) < 4.78 is 10.8. The van der Waals surface area contributed by atoms with Gasteiger partial charge in [-0.1, -0.05) is 13.0 Å². The molecule has 0 bridgehead atoms. The Hall–Kier alpha value is -2.24. The number of hydrogen-bond donors (Lipinski definition) is 2. The number of carbonyl (C=O) groups excluding carboxylic acids is 1. The van der Waals surface area contributed by atoms with Gasteiger partial charge in [-0.05, 0) is 37.3 Å². The number of nitrogens with one attached hydrogen (secondary N) is 1. The van der Waals surface area contributed by atoms with Gasteiger partial charge in [-0.2, -0.15) is 0 Å². The number of carbonyl (C=O) groups is 2. The lowest BCUT2D eigenvalue weighted by molar-refractivity contribution is -0.137. The van der Waals surface area contributed by atoms with E-state index in [2.05, 4.69) is 12.2 Å². The number of carboxylic acid groups (broad SMARTS) is 1. The third-order valence-corrected chi connectivity index (χ3v) is 3.86. The molecule has 2 N–H and O–H groups in total. The van der Waals surface area contributed by atoms with E-state index in [9.17, 15) is 9.59 Å². The third kappa shape index (κ3) is 6.10. The molecule has 1 aromatic rings. The number of unbranched alkanes of at least 4 members (excludes halogenated alkanes) is 1. The number of hydrogen-bond acceptors (Lipinski definition) is 4. The van der Waals surface area contributed by atoms with E-state index >= 15 is 0 Å². The van der Waals surface area contributed by atoms with Crippen LogP contribution in [0.3, 0.4) is 0 Å². The Balaban J connectivity index is 2.50. The summed E-state index contributed by atoms with van der Waals surface area (Å²) in [6.07, 6.45) is 3.12. The van der Waals surface area contributed by atoms with Gasteiger partial charge in [0.15, 0.2) is 11.5 Å². The lowest BCUT2D eigenvalue weighted by atomic mass is 10.0. The molecule has 0 aliphatic rings. The van der Waals surface area contributed by atoms with Crippen molar-refractivity contribution in [2.75, 3.05) is 20.8 Å². The summed E-state index contributed by atoms with van der Waals surface area (Å²) in [5.41, 5.74) is 2.22. The monoisotopic (exact) mass is 337 g/mol. The average Bonchev–Trinajstić information content (AvgIpc) is 2.57. The normalized spacial score (nSPS) is 10.3. The maximum absolute atomic E-state index is 11.8. The third-order valence-electron chi connectivity index (χ3n) is 3.86. The van der Waals surface area contributed by atoms with Crippen LogP contribution in [0.5, 0.6) is 11.5 Å². The van der Waals surface area contributed by atoms with Crippen molar-refractivity contribution in [3.8, 4) is 11.5 Å². The second-order valence-electron chi connectivity index (χ2n) is 5.49. The topological polar surface area (TPSA) is 84.9 Å². The molecule has 6 nitrogen and oxygen atoms in total. The summed E-state index contributed by atoms with van der Waals surface area (Å²) in [6, 6.07) is 3.88. The minimum Gasteiger partial charge on any atom is -0.493 e. The van der Waals surface area contributed by atoms with Gasteiger partial charge in [0.25, 0.3) is 0 Å². The molecule has 1 aromatic carbocycles. The fourth-order valence-corrected chi connectivity index (χ4v) is 2.64. The van der Waals surface area contributed by atoms with E-state index in [1.54, 1.807) is 14.2 Å². The number of rotatable bonds is 11. The van der Waals surface area contributed by atoms with Crippen LogP contribution < -0.4 is 14.8 Å². The minimum absolute atomic E-state index is 0.0427. The lowest BCUT2D eigenvalue weighted by Gasteiger charge is -2.16. The summed E-state index contributed by atoms with van der Waals surface area (Å²) in [5, 5.41) is 11.4. The minimum atomic E-state index is -0.823. The fourth-order valence-electron chi connectivity index (χ4n) is 2.64. The maximum atomic E-state index is 11.8. The summed E-state index contributed by atoms with van der Waals surface area (Å²) in [4.78, 5) is 22.2. The number of benzene rings is 1. The van der Waals surface area contributed by atoms with Crippen molar-refractivity contribution >= 4 is 11.9 Å². The number of carboxylic acids is 1. The van der Waals surface area contributed by atoms with Crippen molar-refractivity contribution in [2.24, 2.45) is 0 Å². The van der Waals surface area contributed by atoms with E-state index in [0.717, 1.165) is 23.3 Å². The SMILES string of the molecule is CCc1c(CCNC(=O)CCCCC(=O)O)ccc(OC)c1OC. The Morgan fingerprint density at radius 2 is 1.83 bits per heavy atom. The first kappa shape index (κ1) is 19.8. The predicted octanol–water partition coefficient (Wildman–Crippen LogP) is 2.57. The highest BCUT2D eigenvalue weighted by Gasteiger charge is 2.13. The molecular formula is C18H27NO5. The number of ether oxygens (including phenoxy) is 2. The van der Waals surface area contributed by atoms with Crippen LogP contribution in [0.2, 0.25) is 0 Å². The van der Waals surface area contributed by atoms with Gasteiger partial charge in [0.2, 0.25) is 5.91 Å². The van der Waals surface area contributed by atoms with E-state index < -0.39 is 5.97 Å². The standard InChI is InChI=1S/C18H27NO5/c1-4-14-13(9-10-15(23-2)18(14)24-3)11-12-19-16(20)7-5-6-8-17(21)22/h9-10H,4-8,11-12H2,1-3H3,(H,19,20)(H,21,22). The summed E-state index contributed by atoms with van der Waals surface area (Å²) in [6.45, 7) is 2.60. The van der Waals surface area contributed by atoms with Crippen molar-refractivity contribution < 1.29 is 24.2 Å². The largest absolute Gasteiger partial charge is 0.493 e. The van der Waals surface area contributed by atoms with Crippen molar-refractivity contribution in [2.45, 2.75) is 45.4 Å². The molecule has 0 atom stereocenters. The quantitative estimate of drug-likeness (QED) is 0.606. The molecule has 0 heterocycles. The van der Waals surface area contributed by atoms with E-state index in [-0.39, 0.29) is 12.3 Å². The van der Waals surface area contributed by atoms with Crippen LogP contribution in [-0.4, -0.2) is 37.7 Å². The van der Waals surface area contributed by atoms with Gasteiger partial charge >= 0.3 is 5.97 Å². The van der Waals surface area contributed by atoms with Gasteiger partial charge in [0, 0.05) is 24.9 Å². The molecule has 0 saturated heterocycles. The van der Waals surface area contributed by atoms with Gasteiger partial charge in [-0.25, -0.2) is 0 Å². The lowest BCUT2D eigenvalue weighted by Crippen LogP contribution is -2.25. The molecule has 0 saturated carbocycles. The Labute approximate surface area is 143 Å². The van der Waals surface area contributed by atoms with Crippen LogP contribution in [0, 0.1) is 0 Å². The summed E-state index contributed by atoms with van der Waals surface area (Å²) in [5.74, 6) is 0.591. The van der Waals surface area contributed by atoms with Crippen molar-refractivity contribution in [3.05, 3.63) is 23.3 Å². The second kappa shape index (κ2) is 10.5. The molecule has 134 valence electrons. The van der Waals surface area contributed by atoms with Crippen molar-refractivity contribution in [1.29, 1.82) is 0 Å². The van der Waals surface area contributed by atoms with Crippen LogP contribution in [-0.2, 0) is 22.4 Å². The summed E-state index contributed by atoms with van der Waals surface area (Å²) >= 11 is 0. The van der Waals surface area contributed by atoms with Crippen LogP contribution in [0.25, 0.3) is 0 Å². The van der Waals surface area contributed by atoms with Gasteiger partial charge in [-0.3, -0.25) is 9.59 Å². The van der Waals surface area contributed by atoms with Crippen LogP contribution in [0.15, 0.2) is 12.1 Å². The molecule has 0 spiro atoms. The second-order valence-corrected chi connectivity index (χ2v) is 5.49. The molecule has 1 amide bonds. The molecule has 0 aliphatic heterocycles. The van der Waals surface area contributed by atoms with Crippen LogP contribution >= 0.6 is 0 Å². The van der Waals surface area contributed by atoms with Crippen LogP contribution in [0.4, 0.5) is 0 Å². The number of methoxy groups -OCH3 is 2. The van der Waals surface area contributed by atoms with Gasteiger partial charge in [0.05, 0.1) is 14.2 Å². The average molecular weight is 337 g/mol. The molecule has 0 unspecified atom stereocenters. The Morgan fingerprint density at radius 1 is 1.12 bits per heavy atom. The molecule has 1 rings (SSSR count). The van der Waals surface area contributed by atoms with Gasteiger partial charge < -0.3 is 19.9 Å². The number of amides is 1.